The van der Waals surface area contributed by atoms with Gasteiger partial charge in [0.15, 0.2) is 0 Å². The van der Waals surface area contributed by atoms with Gasteiger partial charge in [0.2, 0.25) is 0 Å². The van der Waals surface area contributed by atoms with E-state index in [2.05, 4.69) is 0 Å². The lowest BCUT2D eigenvalue weighted by molar-refractivity contribution is -0.165. The normalized spacial score (nSPS) is 22.6. The van der Waals surface area contributed by atoms with Gasteiger partial charge in [0.25, 0.3) is 0 Å². The third kappa shape index (κ3) is 2.64. The number of rotatable bonds is 4. The van der Waals surface area contributed by atoms with E-state index in [1.54, 1.807) is 0 Å². The lowest BCUT2D eigenvalue weighted by Gasteiger charge is -2.31. The molecule has 0 bridgehead atoms. The molecule has 4 heteroatoms. The number of carboxylic acids is 1. The zero-order valence-electron chi connectivity index (χ0n) is 9.33. The van der Waals surface area contributed by atoms with Crippen LogP contribution < -0.4 is 0 Å². The number of benzene rings is 1. The Morgan fingerprint density at radius 1 is 1.18 bits per heavy atom. The molecule has 0 radical (unpaired) electrons. The van der Waals surface area contributed by atoms with Crippen LogP contribution in [0.3, 0.4) is 0 Å². The molecule has 0 amide bonds. The third-order valence-corrected chi connectivity index (χ3v) is 3.12. The number of esters is 1. The SMILES string of the molecule is O=C(OCc1ccccc1)C1CC[C@H]1C(=O)O. The Balaban J connectivity index is 1.84. The molecule has 1 fully saturated rings. The quantitative estimate of drug-likeness (QED) is 0.807. The molecule has 1 aromatic rings. The van der Waals surface area contributed by atoms with Gasteiger partial charge in [-0.15, -0.1) is 0 Å². The van der Waals surface area contributed by atoms with Crippen LogP contribution in [0.2, 0.25) is 0 Å². The highest BCUT2D eigenvalue weighted by molar-refractivity contribution is 5.82. The Morgan fingerprint density at radius 2 is 1.82 bits per heavy atom. The molecule has 1 unspecified atom stereocenters. The second kappa shape index (κ2) is 4.99. The molecule has 0 spiro atoms. The maximum absolute atomic E-state index is 11.6. The number of hydrogen-bond donors (Lipinski definition) is 1. The Morgan fingerprint density at radius 3 is 2.35 bits per heavy atom. The van der Waals surface area contributed by atoms with Crippen LogP contribution in [0.5, 0.6) is 0 Å². The molecule has 17 heavy (non-hydrogen) atoms. The zero-order chi connectivity index (χ0) is 12.3. The average Bonchev–Trinajstić information content (AvgIpc) is 2.25. The van der Waals surface area contributed by atoms with E-state index < -0.39 is 23.8 Å². The molecule has 2 atom stereocenters. The van der Waals surface area contributed by atoms with Crippen molar-refractivity contribution in [2.45, 2.75) is 19.4 Å². The molecule has 0 saturated heterocycles. The summed E-state index contributed by atoms with van der Waals surface area (Å²) in [6.45, 7) is 0.211. The van der Waals surface area contributed by atoms with Crippen molar-refractivity contribution in [1.29, 1.82) is 0 Å². The first-order valence-corrected chi connectivity index (χ1v) is 5.62. The molecule has 2 rings (SSSR count). The summed E-state index contributed by atoms with van der Waals surface area (Å²) in [5.41, 5.74) is 0.909. The summed E-state index contributed by atoms with van der Waals surface area (Å²) < 4.78 is 5.11. The molecule has 1 aliphatic rings. The van der Waals surface area contributed by atoms with Crippen molar-refractivity contribution in [3.8, 4) is 0 Å². The number of carbonyl (C=O) groups is 2. The molecular weight excluding hydrogens is 220 g/mol. The molecular formula is C13H14O4. The van der Waals surface area contributed by atoms with Crippen molar-refractivity contribution in [2.75, 3.05) is 0 Å². The number of aliphatic carboxylic acids is 1. The van der Waals surface area contributed by atoms with E-state index in [1.165, 1.54) is 0 Å². The maximum Gasteiger partial charge on any atom is 0.310 e. The molecule has 0 aromatic heterocycles. The van der Waals surface area contributed by atoms with Gasteiger partial charge in [-0.3, -0.25) is 9.59 Å². The fraction of sp³-hybridized carbons (Fsp3) is 0.385. The summed E-state index contributed by atoms with van der Waals surface area (Å²) in [6.07, 6.45) is 1.19. The molecule has 0 heterocycles. The van der Waals surface area contributed by atoms with Crippen molar-refractivity contribution in [1.82, 2.24) is 0 Å². The van der Waals surface area contributed by atoms with Crippen molar-refractivity contribution in [3.63, 3.8) is 0 Å². The van der Waals surface area contributed by atoms with Crippen molar-refractivity contribution >= 4 is 11.9 Å². The van der Waals surface area contributed by atoms with E-state index >= 15 is 0 Å². The standard InChI is InChI=1S/C13H14O4/c14-12(15)10-6-7-11(10)13(16)17-8-9-4-2-1-3-5-9/h1-5,10-11H,6-8H2,(H,14,15)/t10-,11?/m1/s1. The van der Waals surface area contributed by atoms with Gasteiger partial charge in [-0.2, -0.15) is 0 Å². The topological polar surface area (TPSA) is 63.6 Å². The monoisotopic (exact) mass is 234 g/mol. The second-order valence-corrected chi connectivity index (χ2v) is 4.22. The Labute approximate surface area is 99.2 Å². The van der Waals surface area contributed by atoms with Crippen LogP contribution >= 0.6 is 0 Å². The minimum atomic E-state index is -0.905. The van der Waals surface area contributed by atoms with Gasteiger partial charge in [0.1, 0.15) is 6.61 Å². The first-order valence-electron chi connectivity index (χ1n) is 5.62. The lowest BCUT2D eigenvalue weighted by atomic mass is 9.74. The zero-order valence-corrected chi connectivity index (χ0v) is 9.33. The molecule has 4 nitrogen and oxygen atoms in total. The number of carboxylic acid groups (broad SMARTS) is 1. The van der Waals surface area contributed by atoms with Gasteiger partial charge < -0.3 is 9.84 Å². The smallest absolute Gasteiger partial charge is 0.310 e. The molecule has 1 saturated carbocycles. The summed E-state index contributed by atoms with van der Waals surface area (Å²) in [5.74, 6) is -2.32. The Kier molecular flexibility index (Phi) is 3.42. The third-order valence-electron chi connectivity index (χ3n) is 3.12. The highest BCUT2D eigenvalue weighted by Crippen LogP contribution is 2.35. The van der Waals surface area contributed by atoms with Gasteiger partial charge >= 0.3 is 11.9 Å². The molecule has 1 N–H and O–H groups in total. The van der Waals surface area contributed by atoms with Crippen LogP contribution in [-0.4, -0.2) is 17.0 Å². The van der Waals surface area contributed by atoms with Crippen LogP contribution in [0, 0.1) is 11.8 Å². The maximum atomic E-state index is 11.6. The number of hydrogen-bond acceptors (Lipinski definition) is 3. The Hall–Kier alpha value is -1.84. The predicted octanol–water partition coefficient (Wildman–Crippen LogP) is 1.84. The van der Waals surface area contributed by atoms with Crippen molar-refractivity contribution in [3.05, 3.63) is 35.9 Å². The largest absolute Gasteiger partial charge is 0.481 e. The second-order valence-electron chi connectivity index (χ2n) is 4.22. The van der Waals surface area contributed by atoms with E-state index in [0.717, 1.165) is 5.56 Å². The van der Waals surface area contributed by atoms with Crippen LogP contribution in [0.15, 0.2) is 30.3 Å². The first-order chi connectivity index (χ1) is 8.18. The first kappa shape index (κ1) is 11.6. The molecule has 1 aliphatic carbocycles. The van der Waals surface area contributed by atoms with E-state index in [1.807, 2.05) is 30.3 Å². The summed E-state index contributed by atoms with van der Waals surface area (Å²) in [4.78, 5) is 22.4. The van der Waals surface area contributed by atoms with Gasteiger partial charge in [-0.1, -0.05) is 30.3 Å². The van der Waals surface area contributed by atoms with E-state index in [-0.39, 0.29) is 6.61 Å². The van der Waals surface area contributed by atoms with Gasteiger partial charge in [0.05, 0.1) is 11.8 Å². The van der Waals surface area contributed by atoms with Crippen molar-refractivity contribution in [2.24, 2.45) is 11.8 Å². The fourth-order valence-electron chi connectivity index (χ4n) is 1.91. The molecule has 90 valence electrons. The van der Waals surface area contributed by atoms with Crippen LogP contribution in [0.25, 0.3) is 0 Å². The van der Waals surface area contributed by atoms with Crippen LogP contribution in [0.1, 0.15) is 18.4 Å². The fourth-order valence-corrected chi connectivity index (χ4v) is 1.91. The highest BCUT2D eigenvalue weighted by Gasteiger charge is 2.42. The summed E-state index contributed by atoms with van der Waals surface area (Å²) >= 11 is 0. The van der Waals surface area contributed by atoms with E-state index in [9.17, 15) is 9.59 Å². The average molecular weight is 234 g/mol. The lowest BCUT2D eigenvalue weighted by Crippen LogP contribution is -2.39. The molecule has 0 aliphatic heterocycles. The van der Waals surface area contributed by atoms with E-state index in [0.29, 0.717) is 12.8 Å². The highest BCUT2D eigenvalue weighted by atomic mass is 16.5. The summed E-state index contributed by atoms with van der Waals surface area (Å²) in [6, 6.07) is 9.35. The molecule has 1 aromatic carbocycles. The van der Waals surface area contributed by atoms with Gasteiger partial charge in [-0.05, 0) is 18.4 Å². The predicted molar refractivity (Wildman–Crippen MR) is 60.1 cm³/mol. The van der Waals surface area contributed by atoms with Gasteiger partial charge in [0, 0.05) is 0 Å². The summed E-state index contributed by atoms with van der Waals surface area (Å²) in [7, 11) is 0. The van der Waals surface area contributed by atoms with Gasteiger partial charge in [-0.25, -0.2) is 0 Å². The summed E-state index contributed by atoms with van der Waals surface area (Å²) in [5, 5.41) is 8.83. The number of ether oxygens (including phenoxy) is 1. The minimum absolute atomic E-state index is 0.211. The Bertz CT molecular complexity index is 413. The number of carbonyl (C=O) groups excluding carboxylic acids is 1. The van der Waals surface area contributed by atoms with E-state index in [4.69, 9.17) is 9.84 Å². The van der Waals surface area contributed by atoms with Crippen molar-refractivity contribution < 1.29 is 19.4 Å². The minimum Gasteiger partial charge on any atom is -0.481 e. The van der Waals surface area contributed by atoms with Crippen LogP contribution in [0.4, 0.5) is 0 Å². The van der Waals surface area contributed by atoms with Crippen LogP contribution in [-0.2, 0) is 20.9 Å².